The van der Waals surface area contributed by atoms with Gasteiger partial charge < -0.3 is 10.5 Å². The summed E-state index contributed by atoms with van der Waals surface area (Å²) >= 11 is 1.36. The molecule has 2 rings (SSSR count). The van der Waals surface area contributed by atoms with E-state index < -0.39 is 0 Å². The van der Waals surface area contributed by atoms with Crippen LogP contribution in [-0.4, -0.2) is 29.8 Å². The predicted molar refractivity (Wildman–Crippen MR) is 78.2 cm³/mol. The maximum atomic E-state index is 12.1. The molecular weight excluding hydrogens is 276 g/mol. The van der Waals surface area contributed by atoms with Gasteiger partial charge in [-0.15, -0.1) is 10.2 Å². The lowest BCUT2D eigenvalue weighted by Gasteiger charge is -2.06. The third-order valence-corrected chi connectivity index (χ3v) is 3.53. The fourth-order valence-corrected chi connectivity index (χ4v) is 2.43. The number of hydrogen-bond donors (Lipinski definition) is 2. The topological polar surface area (TPSA) is 90.1 Å². The molecule has 3 N–H and O–H groups in total. The minimum absolute atomic E-state index is 0.260. The minimum Gasteiger partial charge on any atom is -0.496 e. The van der Waals surface area contributed by atoms with E-state index >= 15 is 0 Å². The summed E-state index contributed by atoms with van der Waals surface area (Å²) in [5, 5.41) is 12.0. The number of rotatable bonds is 6. The fraction of sp³-hybridized carbons (Fsp3) is 0.308. The summed E-state index contributed by atoms with van der Waals surface area (Å²) in [6.45, 7) is 0.614. The molecule has 7 heteroatoms. The van der Waals surface area contributed by atoms with Gasteiger partial charge in [-0.05, 0) is 25.1 Å². The van der Waals surface area contributed by atoms with Crippen LogP contribution < -0.4 is 15.8 Å². The quantitative estimate of drug-likeness (QED) is 0.845. The summed E-state index contributed by atoms with van der Waals surface area (Å²) in [6.07, 6.45) is 1.63. The zero-order valence-electron chi connectivity index (χ0n) is 11.1. The molecular formula is C13H16N4O2S. The number of aromatic nitrogens is 2. The van der Waals surface area contributed by atoms with Gasteiger partial charge in [0.05, 0.1) is 12.7 Å². The molecule has 0 saturated heterocycles. The van der Waals surface area contributed by atoms with Gasteiger partial charge in [0.2, 0.25) is 5.13 Å². The Morgan fingerprint density at radius 2 is 2.20 bits per heavy atom. The number of carbonyl (C=O) groups is 1. The van der Waals surface area contributed by atoms with Gasteiger partial charge in [0.15, 0.2) is 0 Å². The Labute approximate surface area is 121 Å². The number of hydrogen-bond acceptors (Lipinski definition) is 6. The summed E-state index contributed by atoms with van der Waals surface area (Å²) in [7, 11) is 1.53. The molecule has 0 radical (unpaired) electrons. The molecule has 0 aliphatic heterocycles. The van der Waals surface area contributed by atoms with Crippen molar-refractivity contribution < 1.29 is 9.53 Å². The van der Waals surface area contributed by atoms with Crippen molar-refractivity contribution in [2.75, 3.05) is 19.0 Å². The molecule has 1 amide bonds. The lowest BCUT2D eigenvalue weighted by Crippen LogP contribution is -2.12. The van der Waals surface area contributed by atoms with Crippen molar-refractivity contribution >= 4 is 22.4 Å². The number of methoxy groups -OCH3 is 1. The van der Waals surface area contributed by atoms with Crippen molar-refractivity contribution in [3.05, 3.63) is 34.8 Å². The third-order valence-electron chi connectivity index (χ3n) is 2.63. The number of nitrogens with zero attached hydrogens (tertiary/aromatic N) is 2. The Hall–Kier alpha value is -1.99. The van der Waals surface area contributed by atoms with E-state index in [0.717, 1.165) is 17.8 Å². The molecule has 1 aromatic heterocycles. The van der Waals surface area contributed by atoms with Gasteiger partial charge in [-0.1, -0.05) is 23.5 Å². The zero-order valence-corrected chi connectivity index (χ0v) is 11.9. The highest BCUT2D eigenvalue weighted by Gasteiger charge is 2.13. The maximum absolute atomic E-state index is 12.1. The molecule has 6 nitrogen and oxygen atoms in total. The average Bonchev–Trinajstić information content (AvgIpc) is 2.92. The van der Waals surface area contributed by atoms with Crippen molar-refractivity contribution in [1.29, 1.82) is 0 Å². The number of carbonyl (C=O) groups excluding carboxylic acids is 1. The number of benzene rings is 1. The number of ether oxygens (including phenoxy) is 1. The maximum Gasteiger partial charge on any atom is 0.261 e. The number of para-hydroxylation sites is 1. The van der Waals surface area contributed by atoms with Crippen LogP contribution in [0.15, 0.2) is 24.3 Å². The van der Waals surface area contributed by atoms with Crippen molar-refractivity contribution in [2.24, 2.45) is 5.73 Å². The highest BCUT2D eigenvalue weighted by molar-refractivity contribution is 7.15. The van der Waals surface area contributed by atoms with E-state index in [9.17, 15) is 4.79 Å². The predicted octanol–water partition coefficient (Wildman–Crippen LogP) is 1.69. The number of aryl methyl sites for hydroxylation is 1. The summed E-state index contributed by atoms with van der Waals surface area (Å²) in [6, 6.07) is 7.03. The van der Waals surface area contributed by atoms with Gasteiger partial charge >= 0.3 is 0 Å². The first kappa shape index (κ1) is 14.4. The van der Waals surface area contributed by atoms with Crippen molar-refractivity contribution in [3.8, 4) is 5.75 Å². The van der Waals surface area contributed by atoms with Crippen LogP contribution in [0.1, 0.15) is 21.8 Å². The van der Waals surface area contributed by atoms with Gasteiger partial charge in [-0.25, -0.2) is 0 Å². The van der Waals surface area contributed by atoms with E-state index in [0.29, 0.717) is 23.0 Å². The molecule has 106 valence electrons. The highest BCUT2D eigenvalue weighted by Crippen LogP contribution is 2.21. The van der Waals surface area contributed by atoms with Crippen LogP contribution in [0.2, 0.25) is 0 Å². The average molecular weight is 292 g/mol. The Morgan fingerprint density at radius 1 is 1.40 bits per heavy atom. The highest BCUT2D eigenvalue weighted by atomic mass is 32.1. The number of anilines is 1. The largest absolute Gasteiger partial charge is 0.496 e. The van der Waals surface area contributed by atoms with E-state index in [2.05, 4.69) is 15.5 Å². The standard InChI is InChI=1S/C13H16N4O2S/c1-19-10-6-3-2-5-9(10)12(18)15-13-17-16-11(20-13)7-4-8-14/h2-3,5-6H,4,7-8,14H2,1H3,(H,15,17,18). The van der Waals surface area contributed by atoms with E-state index in [1.54, 1.807) is 18.2 Å². The normalized spacial score (nSPS) is 10.3. The summed E-state index contributed by atoms with van der Waals surface area (Å²) in [5.74, 6) is 0.266. The summed E-state index contributed by atoms with van der Waals surface area (Å²) < 4.78 is 5.16. The minimum atomic E-state index is -0.260. The van der Waals surface area contributed by atoms with Crippen LogP contribution >= 0.6 is 11.3 Å². The molecule has 0 aliphatic carbocycles. The van der Waals surface area contributed by atoms with Gasteiger partial charge in [0, 0.05) is 6.42 Å². The molecule has 0 fully saturated rings. The van der Waals surface area contributed by atoms with Crippen molar-refractivity contribution in [1.82, 2.24) is 10.2 Å². The Bertz CT molecular complexity index is 585. The third kappa shape index (κ3) is 3.52. The van der Waals surface area contributed by atoms with E-state index in [-0.39, 0.29) is 5.91 Å². The second-order valence-corrected chi connectivity index (χ2v) is 5.11. The van der Waals surface area contributed by atoms with Crippen LogP contribution in [0.5, 0.6) is 5.75 Å². The second kappa shape index (κ2) is 6.97. The lowest BCUT2D eigenvalue weighted by molar-refractivity contribution is 0.102. The molecule has 20 heavy (non-hydrogen) atoms. The van der Waals surface area contributed by atoms with Gasteiger partial charge in [0.25, 0.3) is 5.91 Å². The van der Waals surface area contributed by atoms with Gasteiger partial charge in [0.1, 0.15) is 10.8 Å². The number of nitrogens with one attached hydrogen (secondary N) is 1. The Kier molecular flexibility index (Phi) is 5.03. The first-order chi connectivity index (χ1) is 9.74. The summed E-state index contributed by atoms with van der Waals surface area (Å²) in [4.78, 5) is 12.1. The zero-order chi connectivity index (χ0) is 14.4. The molecule has 2 aromatic rings. The molecule has 1 aromatic carbocycles. The monoisotopic (exact) mass is 292 g/mol. The molecule has 0 atom stereocenters. The van der Waals surface area contributed by atoms with Crippen LogP contribution in [-0.2, 0) is 6.42 Å². The fourth-order valence-electron chi connectivity index (χ4n) is 1.66. The summed E-state index contributed by atoms with van der Waals surface area (Å²) in [5.41, 5.74) is 5.91. The van der Waals surface area contributed by atoms with E-state index in [1.807, 2.05) is 6.07 Å². The number of nitrogens with two attached hydrogens (primary N) is 1. The van der Waals surface area contributed by atoms with Crippen molar-refractivity contribution in [3.63, 3.8) is 0 Å². The van der Waals surface area contributed by atoms with E-state index in [1.165, 1.54) is 18.4 Å². The lowest BCUT2D eigenvalue weighted by atomic mass is 10.2. The first-order valence-electron chi connectivity index (χ1n) is 6.21. The first-order valence-corrected chi connectivity index (χ1v) is 7.03. The van der Waals surface area contributed by atoms with Gasteiger partial charge in [-0.3, -0.25) is 10.1 Å². The SMILES string of the molecule is COc1ccccc1C(=O)Nc1nnc(CCCN)s1. The Balaban J connectivity index is 2.05. The van der Waals surface area contributed by atoms with Crippen LogP contribution in [0.3, 0.4) is 0 Å². The molecule has 0 aliphatic rings. The molecule has 0 spiro atoms. The molecule has 0 saturated carbocycles. The van der Waals surface area contributed by atoms with E-state index in [4.69, 9.17) is 10.5 Å². The second-order valence-electron chi connectivity index (χ2n) is 4.05. The molecule has 1 heterocycles. The van der Waals surface area contributed by atoms with Gasteiger partial charge in [-0.2, -0.15) is 0 Å². The molecule has 0 bridgehead atoms. The smallest absolute Gasteiger partial charge is 0.261 e. The van der Waals surface area contributed by atoms with Crippen LogP contribution in [0.4, 0.5) is 5.13 Å². The van der Waals surface area contributed by atoms with Crippen LogP contribution in [0, 0.1) is 0 Å². The van der Waals surface area contributed by atoms with Crippen molar-refractivity contribution in [2.45, 2.75) is 12.8 Å². The van der Waals surface area contributed by atoms with Crippen LogP contribution in [0.25, 0.3) is 0 Å². The number of amides is 1. The molecule has 0 unspecified atom stereocenters. The Morgan fingerprint density at radius 3 is 2.95 bits per heavy atom.